The van der Waals surface area contributed by atoms with Crippen LogP contribution in [0, 0.1) is 12.8 Å². The molecule has 0 aromatic heterocycles. The van der Waals surface area contributed by atoms with Gasteiger partial charge >= 0.3 is 6.09 Å². The largest absolute Gasteiger partial charge is 0.441 e. The number of oxime groups is 1. The molecule has 0 N–H and O–H groups in total. The lowest BCUT2D eigenvalue weighted by Gasteiger charge is -2.19. The van der Waals surface area contributed by atoms with Crippen LogP contribution in [0.2, 0.25) is 0 Å². The van der Waals surface area contributed by atoms with E-state index in [2.05, 4.69) is 5.16 Å². The second-order valence-electron chi connectivity index (χ2n) is 6.71. The van der Waals surface area contributed by atoms with Crippen LogP contribution in [0.25, 0.3) is 0 Å². The van der Waals surface area contributed by atoms with Gasteiger partial charge in [-0.15, -0.1) is 0 Å². The van der Waals surface area contributed by atoms with Crippen LogP contribution >= 0.6 is 0 Å². The molecule has 2 heterocycles. The number of carbonyl (C=O) groups is 2. The summed E-state index contributed by atoms with van der Waals surface area (Å²) in [6, 6.07) is 7.88. The maximum Gasteiger partial charge on any atom is 0.417 e. The Hall–Kier alpha value is -2.37. The number of imide groups is 1. The molecule has 6 nitrogen and oxygen atoms in total. The summed E-state index contributed by atoms with van der Waals surface area (Å²) in [5.74, 6) is -0.638. The Balaban J connectivity index is 1.75. The van der Waals surface area contributed by atoms with E-state index in [1.165, 1.54) is 0 Å². The van der Waals surface area contributed by atoms with E-state index in [1.54, 1.807) is 13.8 Å². The van der Waals surface area contributed by atoms with Gasteiger partial charge in [-0.3, -0.25) is 4.79 Å². The molecule has 1 aromatic rings. The number of hydrogen-bond donors (Lipinski definition) is 0. The van der Waals surface area contributed by atoms with Crippen molar-refractivity contribution >= 4 is 17.7 Å². The van der Waals surface area contributed by atoms with Gasteiger partial charge in [-0.2, -0.15) is 0 Å². The van der Waals surface area contributed by atoms with Gasteiger partial charge in [0.1, 0.15) is 5.60 Å². The Kier molecular flexibility index (Phi) is 3.62. The van der Waals surface area contributed by atoms with Crippen molar-refractivity contribution in [3.63, 3.8) is 0 Å². The van der Waals surface area contributed by atoms with E-state index in [0.717, 1.165) is 21.7 Å². The van der Waals surface area contributed by atoms with Crippen LogP contribution in [-0.2, 0) is 14.4 Å². The van der Waals surface area contributed by atoms with E-state index in [-0.39, 0.29) is 12.5 Å². The van der Waals surface area contributed by atoms with Gasteiger partial charge in [0.2, 0.25) is 6.10 Å². The van der Waals surface area contributed by atoms with Gasteiger partial charge in [0, 0.05) is 0 Å². The van der Waals surface area contributed by atoms with Gasteiger partial charge in [-0.25, -0.2) is 9.69 Å². The molecule has 122 valence electrons. The first-order valence-corrected chi connectivity index (χ1v) is 7.63. The van der Waals surface area contributed by atoms with E-state index < -0.39 is 23.7 Å². The number of carbonyl (C=O) groups excluding carboxylic acids is 2. The summed E-state index contributed by atoms with van der Waals surface area (Å²) in [5, 5.41) is 4.07. The highest BCUT2D eigenvalue weighted by Crippen LogP contribution is 2.28. The summed E-state index contributed by atoms with van der Waals surface area (Å²) in [7, 11) is 0. The van der Waals surface area contributed by atoms with Crippen molar-refractivity contribution in [2.24, 2.45) is 11.1 Å². The molecule has 2 aliphatic rings. The van der Waals surface area contributed by atoms with Crippen molar-refractivity contribution in [2.75, 3.05) is 6.54 Å². The van der Waals surface area contributed by atoms with Gasteiger partial charge in [0.15, 0.2) is 0 Å². The third-order valence-corrected chi connectivity index (χ3v) is 4.13. The molecule has 0 bridgehead atoms. The molecule has 1 aromatic carbocycles. The van der Waals surface area contributed by atoms with E-state index in [1.807, 2.05) is 38.1 Å². The number of ether oxygens (including phenoxy) is 1. The average molecular weight is 316 g/mol. The molecule has 0 aliphatic carbocycles. The molecule has 1 saturated heterocycles. The third-order valence-electron chi connectivity index (χ3n) is 4.13. The Morgan fingerprint density at radius 1 is 1.30 bits per heavy atom. The van der Waals surface area contributed by atoms with E-state index in [4.69, 9.17) is 9.57 Å². The number of benzene rings is 1. The molecule has 2 aliphatic heterocycles. The fraction of sp³-hybridized carbons (Fsp3) is 0.471. The van der Waals surface area contributed by atoms with E-state index >= 15 is 0 Å². The first-order chi connectivity index (χ1) is 10.8. The highest BCUT2D eigenvalue weighted by atomic mass is 16.7. The molecule has 2 atom stereocenters. The van der Waals surface area contributed by atoms with Crippen LogP contribution < -0.4 is 0 Å². The van der Waals surface area contributed by atoms with Gasteiger partial charge in [-0.1, -0.05) is 41.9 Å². The molecular weight excluding hydrogens is 296 g/mol. The highest BCUT2D eigenvalue weighted by Gasteiger charge is 2.47. The Bertz CT molecular complexity index is 678. The van der Waals surface area contributed by atoms with Crippen LogP contribution in [0.5, 0.6) is 0 Å². The van der Waals surface area contributed by atoms with Gasteiger partial charge < -0.3 is 9.57 Å². The predicted octanol–water partition coefficient (Wildman–Crippen LogP) is 2.49. The summed E-state index contributed by atoms with van der Waals surface area (Å²) in [6.45, 7) is 7.64. The van der Waals surface area contributed by atoms with Gasteiger partial charge in [-0.05, 0) is 26.3 Å². The minimum Gasteiger partial charge on any atom is -0.441 e. The average Bonchev–Trinajstić information content (AvgIpc) is 2.98. The maximum absolute atomic E-state index is 12.6. The molecule has 1 fully saturated rings. The van der Waals surface area contributed by atoms with Crippen molar-refractivity contribution in [3.8, 4) is 0 Å². The normalized spacial score (nSPS) is 25.8. The first kappa shape index (κ1) is 15.5. The van der Waals surface area contributed by atoms with Crippen molar-refractivity contribution in [1.29, 1.82) is 0 Å². The van der Waals surface area contributed by atoms with Crippen LogP contribution in [0.3, 0.4) is 0 Å². The zero-order chi connectivity index (χ0) is 16.8. The molecule has 2 amide bonds. The molecule has 0 radical (unpaired) electrons. The summed E-state index contributed by atoms with van der Waals surface area (Å²) in [6.07, 6.45) is -1.42. The van der Waals surface area contributed by atoms with Crippen molar-refractivity contribution < 1.29 is 19.2 Å². The SMILES string of the molecule is Cc1ccc(C2=NO[C@H](C(=O)N3CC(C)(C)OC3=O)[C@H]2C)cc1. The lowest BCUT2D eigenvalue weighted by molar-refractivity contribution is -0.140. The number of rotatable bonds is 2. The lowest BCUT2D eigenvalue weighted by Crippen LogP contribution is -2.44. The highest BCUT2D eigenvalue weighted by molar-refractivity contribution is 6.07. The molecule has 0 spiro atoms. The fourth-order valence-corrected chi connectivity index (χ4v) is 2.82. The summed E-state index contributed by atoms with van der Waals surface area (Å²) in [4.78, 5) is 30.9. The Morgan fingerprint density at radius 3 is 2.52 bits per heavy atom. The summed E-state index contributed by atoms with van der Waals surface area (Å²) >= 11 is 0. The number of nitrogens with zero attached hydrogens (tertiary/aromatic N) is 2. The van der Waals surface area contributed by atoms with Gasteiger partial charge in [0.25, 0.3) is 5.91 Å². The smallest absolute Gasteiger partial charge is 0.417 e. The Morgan fingerprint density at radius 2 is 1.96 bits per heavy atom. The number of aryl methyl sites for hydroxylation is 1. The Labute approximate surface area is 135 Å². The number of cyclic esters (lactones) is 1. The zero-order valence-electron chi connectivity index (χ0n) is 13.7. The standard InChI is InChI=1S/C17H20N2O4/c1-10-5-7-12(8-6-10)13-11(2)14(23-18-13)15(20)19-9-17(3,4)22-16(19)21/h5-8,11,14H,9H2,1-4H3/t11-,14-/m0/s1. The predicted molar refractivity (Wildman–Crippen MR) is 84.0 cm³/mol. The van der Waals surface area contributed by atoms with Crippen molar-refractivity contribution in [2.45, 2.75) is 39.4 Å². The minimum atomic E-state index is -0.798. The zero-order valence-corrected chi connectivity index (χ0v) is 13.7. The van der Waals surface area contributed by atoms with Crippen LogP contribution in [0.1, 0.15) is 31.9 Å². The van der Waals surface area contributed by atoms with Crippen molar-refractivity contribution in [1.82, 2.24) is 4.90 Å². The molecular formula is C17H20N2O4. The van der Waals surface area contributed by atoms with Crippen LogP contribution in [-0.4, -0.2) is 40.9 Å². The maximum atomic E-state index is 12.6. The quantitative estimate of drug-likeness (QED) is 0.840. The number of hydrogen-bond acceptors (Lipinski definition) is 5. The fourth-order valence-electron chi connectivity index (χ4n) is 2.82. The molecule has 0 unspecified atom stereocenters. The first-order valence-electron chi connectivity index (χ1n) is 7.63. The lowest BCUT2D eigenvalue weighted by atomic mass is 9.93. The van der Waals surface area contributed by atoms with E-state index in [9.17, 15) is 9.59 Å². The minimum absolute atomic E-state index is 0.219. The number of amides is 2. The van der Waals surface area contributed by atoms with Crippen molar-refractivity contribution in [3.05, 3.63) is 35.4 Å². The molecule has 6 heteroatoms. The summed E-state index contributed by atoms with van der Waals surface area (Å²) < 4.78 is 5.18. The van der Waals surface area contributed by atoms with Gasteiger partial charge in [0.05, 0.1) is 18.2 Å². The second kappa shape index (κ2) is 5.37. The molecule has 0 saturated carbocycles. The second-order valence-corrected chi connectivity index (χ2v) is 6.71. The third kappa shape index (κ3) is 2.81. The molecule has 23 heavy (non-hydrogen) atoms. The van der Waals surface area contributed by atoms with Crippen LogP contribution in [0.15, 0.2) is 29.4 Å². The van der Waals surface area contributed by atoms with E-state index in [0.29, 0.717) is 0 Å². The molecule has 3 rings (SSSR count). The summed E-state index contributed by atoms with van der Waals surface area (Å²) in [5.41, 5.74) is 2.11. The monoisotopic (exact) mass is 316 g/mol. The topological polar surface area (TPSA) is 68.2 Å². The van der Waals surface area contributed by atoms with Crippen LogP contribution in [0.4, 0.5) is 4.79 Å².